The Bertz CT molecular complexity index is 326. The van der Waals surface area contributed by atoms with Crippen LogP contribution in [0.5, 0.6) is 0 Å². The molecule has 1 saturated carbocycles. The number of anilines is 1. The van der Waals surface area contributed by atoms with Crippen molar-refractivity contribution in [3.63, 3.8) is 0 Å². The number of nitrogens with zero attached hydrogens (tertiary/aromatic N) is 2. The first-order valence-corrected chi connectivity index (χ1v) is 5.72. The number of aromatic nitrogens is 2. The zero-order valence-electron chi connectivity index (χ0n) is 9.49. The minimum atomic E-state index is 0.110. The van der Waals surface area contributed by atoms with Crippen LogP contribution in [-0.4, -0.2) is 10.1 Å². The first-order valence-electron chi connectivity index (χ1n) is 5.72. The van der Waals surface area contributed by atoms with Crippen molar-refractivity contribution in [2.24, 2.45) is 5.92 Å². The fourth-order valence-electron chi connectivity index (χ4n) is 2.79. The van der Waals surface area contributed by atoms with E-state index in [1.807, 2.05) is 0 Å². The quantitative estimate of drug-likeness (QED) is 0.830. The third kappa shape index (κ3) is 1.98. The Morgan fingerprint density at radius 2 is 2.07 bits per heavy atom. The third-order valence-electron chi connectivity index (χ3n) is 3.26. The van der Waals surface area contributed by atoms with Crippen LogP contribution in [0.15, 0.2) is 4.52 Å². The molecule has 1 aliphatic carbocycles. The molecule has 1 heterocycles. The summed E-state index contributed by atoms with van der Waals surface area (Å²) in [6.07, 6.45) is 5.96. The van der Waals surface area contributed by atoms with Gasteiger partial charge in [0.2, 0.25) is 5.89 Å². The molecule has 1 aromatic heterocycles. The summed E-state index contributed by atoms with van der Waals surface area (Å²) in [6, 6.07) is 0. The Hall–Kier alpha value is -1.06. The van der Waals surface area contributed by atoms with E-state index in [1.54, 1.807) is 0 Å². The Kier molecular flexibility index (Phi) is 2.67. The SMILES string of the molecule is CC(C)CC1(c2nc(N)no2)CCCC1. The molecule has 4 nitrogen and oxygen atoms in total. The number of hydrogen-bond donors (Lipinski definition) is 1. The average molecular weight is 209 g/mol. The van der Waals surface area contributed by atoms with Crippen LogP contribution < -0.4 is 5.73 Å². The number of hydrogen-bond acceptors (Lipinski definition) is 4. The van der Waals surface area contributed by atoms with Crippen molar-refractivity contribution < 1.29 is 4.52 Å². The third-order valence-corrected chi connectivity index (χ3v) is 3.26. The molecule has 1 fully saturated rings. The minimum Gasteiger partial charge on any atom is -0.365 e. The predicted molar refractivity (Wildman–Crippen MR) is 58.3 cm³/mol. The molecule has 0 amide bonds. The normalized spacial score (nSPS) is 19.9. The van der Waals surface area contributed by atoms with Crippen molar-refractivity contribution in [3.05, 3.63) is 5.89 Å². The highest BCUT2D eigenvalue weighted by Gasteiger charge is 2.40. The van der Waals surface area contributed by atoms with Crippen LogP contribution in [0.3, 0.4) is 0 Å². The molecule has 1 aliphatic rings. The fourth-order valence-corrected chi connectivity index (χ4v) is 2.79. The molecule has 2 rings (SSSR count). The summed E-state index contributed by atoms with van der Waals surface area (Å²) in [5.41, 5.74) is 5.63. The summed E-state index contributed by atoms with van der Waals surface area (Å²) in [4.78, 5) is 4.22. The smallest absolute Gasteiger partial charge is 0.260 e. The summed E-state index contributed by atoms with van der Waals surface area (Å²) in [6.45, 7) is 4.47. The average Bonchev–Trinajstić information content (AvgIpc) is 2.73. The highest BCUT2D eigenvalue weighted by Crippen LogP contribution is 2.44. The highest BCUT2D eigenvalue weighted by molar-refractivity contribution is 5.17. The summed E-state index contributed by atoms with van der Waals surface area (Å²) >= 11 is 0. The van der Waals surface area contributed by atoms with E-state index < -0.39 is 0 Å². The van der Waals surface area contributed by atoms with Crippen molar-refractivity contribution in [1.29, 1.82) is 0 Å². The molecular weight excluding hydrogens is 190 g/mol. The predicted octanol–water partition coefficient (Wildman–Crippen LogP) is 2.51. The van der Waals surface area contributed by atoms with Gasteiger partial charge in [-0.15, -0.1) is 0 Å². The van der Waals surface area contributed by atoms with Gasteiger partial charge in [0.15, 0.2) is 0 Å². The molecule has 0 radical (unpaired) electrons. The van der Waals surface area contributed by atoms with Gasteiger partial charge >= 0.3 is 0 Å². The lowest BCUT2D eigenvalue weighted by Crippen LogP contribution is -2.24. The zero-order valence-corrected chi connectivity index (χ0v) is 9.49. The van der Waals surface area contributed by atoms with Gasteiger partial charge in [-0.05, 0) is 30.3 Å². The van der Waals surface area contributed by atoms with E-state index in [4.69, 9.17) is 10.3 Å². The van der Waals surface area contributed by atoms with Gasteiger partial charge in [-0.1, -0.05) is 26.7 Å². The molecule has 84 valence electrons. The Morgan fingerprint density at radius 3 is 2.53 bits per heavy atom. The maximum absolute atomic E-state index is 5.52. The van der Waals surface area contributed by atoms with E-state index in [-0.39, 0.29) is 11.4 Å². The van der Waals surface area contributed by atoms with E-state index in [1.165, 1.54) is 12.8 Å². The second-order valence-electron chi connectivity index (χ2n) is 5.04. The number of nitrogens with two attached hydrogens (primary N) is 1. The number of rotatable bonds is 3. The lowest BCUT2D eigenvalue weighted by Gasteiger charge is -2.26. The lowest BCUT2D eigenvalue weighted by atomic mass is 9.78. The molecular formula is C11H19N3O. The molecule has 15 heavy (non-hydrogen) atoms. The van der Waals surface area contributed by atoms with Crippen molar-refractivity contribution in [2.75, 3.05) is 5.73 Å². The molecule has 0 spiro atoms. The van der Waals surface area contributed by atoms with E-state index >= 15 is 0 Å². The Morgan fingerprint density at radius 1 is 1.40 bits per heavy atom. The van der Waals surface area contributed by atoms with Gasteiger partial charge < -0.3 is 10.3 Å². The topological polar surface area (TPSA) is 64.9 Å². The van der Waals surface area contributed by atoms with Gasteiger partial charge in [-0.2, -0.15) is 4.98 Å². The molecule has 0 saturated heterocycles. The minimum absolute atomic E-state index is 0.110. The van der Waals surface area contributed by atoms with Crippen molar-refractivity contribution in [2.45, 2.75) is 51.4 Å². The molecule has 0 atom stereocenters. The maximum atomic E-state index is 5.52. The van der Waals surface area contributed by atoms with Crippen LogP contribution in [0, 0.1) is 5.92 Å². The Labute approximate surface area is 90.2 Å². The summed E-state index contributed by atoms with van der Waals surface area (Å²) < 4.78 is 5.27. The summed E-state index contributed by atoms with van der Waals surface area (Å²) in [5.74, 6) is 1.67. The Balaban J connectivity index is 2.26. The van der Waals surface area contributed by atoms with Gasteiger partial charge in [0.05, 0.1) is 0 Å². The van der Waals surface area contributed by atoms with E-state index in [2.05, 4.69) is 24.0 Å². The molecule has 0 aliphatic heterocycles. The first kappa shape index (κ1) is 10.5. The van der Waals surface area contributed by atoms with Gasteiger partial charge in [-0.25, -0.2) is 0 Å². The van der Waals surface area contributed by atoms with E-state index in [0.717, 1.165) is 25.2 Å². The largest absolute Gasteiger partial charge is 0.365 e. The van der Waals surface area contributed by atoms with Crippen LogP contribution in [0.4, 0.5) is 5.95 Å². The monoisotopic (exact) mass is 209 g/mol. The fraction of sp³-hybridized carbons (Fsp3) is 0.818. The van der Waals surface area contributed by atoms with Crippen molar-refractivity contribution in [1.82, 2.24) is 10.1 Å². The standard InChI is InChI=1S/C11H19N3O/c1-8(2)7-11(5-3-4-6-11)9-13-10(12)14-15-9/h8H,3-7H2,1-2H3,(H2,12,14). The zero-order chi connectivity index (χ0) is 10.9. The van der Waals surface area contributed by atoms with Crippen molar-refractivity contribution in [3.8, 4) is 0 Å². The van der Waals surface area contributed by atoms with Crippen LogP contribution in [0.25, 0.3) is 0 Å². The lowest BCUT2D eigenvalue weighted by molar-refractivity contribution is 0.244. The van der Waals surface area contributed by atoms with Gasteiger partial charge in [0.25, 0.3) is 5.95 Å². The van der Waals surface area contributed by atoms with E-state index in [9.17, 15) is 0 Å². The van der Waals surface area contributed by atoms with Gasteiger partial charge in [-0.3, -0.25) is 0 Å². The van der Waals surface area contributed by atoms with Gasteiger partial charge in [0, 0.05) is 5.41 Å². The molecule has 4 heteroatoms. The first-order chi connectivity index (χ1) is 7.12. The van der Waals surface area contributed by atoms with Crippen LogP contribution in [-0.2, 0) is 5.41 Å². The van der Waals surface area contributed by atoms with Crippen LogP contribution in [0.1, 0.15) is 51.8 Å². The maximum Gasteiger partial charge on any atom is 0.260 e. The second-order valence-corrected chi connectivity index (χ2v) is 5.04. The molecule has 1 aromatic rings. The molecule has 0 bridgehead atoms. The molecule has 2 N–H and O–H groups in total. The summed E-state index contributed by atoms with van der Waals surface area (Å²) in [7, 11) is 0. The van der Waals surface area contributed by atoms with Crippen LogP contribution >= 0.6 is 0 Å². The van der Waals surface area contributed by atoms with Crippen LogP contribution in [0.2, 0.25) is 0 Å². The summed E-state index contributed by atoms with van der Waals surface area (Å²) in [5, 5.41) is 3.71. The number of nitrogen functional groups attached to an aromatic ring is 1. The second kappa shape index (κ2) is 3.83. The molecule has 0 unspecified atom stereocenters. The van der Waals surface area contributed by atoms with Crippen molar-refractivity contribution >= 4 is 5.95 Å². The highest BCUT2D eigenvalue weighted by atomic mass is 16.5. The van der Waals surface area contributed by atoms with Gasteiger partial charge in [0.1, 0.15) is 0 Å². The molecule has 0 aromatic carbocycles. The van der Waals surface area contributed by atoms with E-state index in [0.29, 0.717) is 5.92 Å².